The lowest BCUT2D eigenvalue weighted by Crippen LogP contribution is -1.89. The monoisotopic (exact) mass is 218 g/mol. The van der Waals surface area contributed by atoms with Crippen LogP contribution in [0.5, 0.6) is 0 Å². The van der Waals surface area contributed by atoms with Crippen molar-refractivity contribution in [3.05, 3.63) is 29.3 Å². The molecule has 0 aliphatic heterocycles. The molecule has 0 heterocycles. The Hall–Kier alpha value is -0.520. The molecule has 0 saturated heterocycles. The Morgan fingerprint density at radius 1 is 1.15 bits per heavy atom. The molecule has 1 aromatic rings. The average molecular weight is 218 g/mol. The minimum absolute atomic E-state index is 0.457. The lowest BCUT2D eigenvalue weighted by molar-refractivity contribution is 0.503. The zero-order valence-corrected chi connectivity index (χ0v) is 8.95. The Bertz CT molecular complexity index is 389. The van der Waals surface area contributed by atoms with Gasteiger partial charge in [0, 0.05) is 15.7 Å². The maximum Gasteiger partial charge on any atom is 0.324 e. The summed E-state index contributed by atoms with van der Waals surface area (Å²) < 4.78 is 29.7. The van der Waals surface area contributed by atoms with E-state index >= 15 is 0 Å². The molecule has 3 nitrogen and oxygen atoms in total. The van der Waals surface area contributed by atoms with E-state index in [-0.39, 0.29) is 0 Å². The van der Waals surface area contributed by atoms with Gasteiger partial charge in [0.1, 0.15) is 0 Å². The van der Waals surface area contributed by atoms with Crippen molar-refractivity contribution in [2.45, 2.75) is 18.7 Å². The predicted octanol–water partition coefficient (Wildman–Crippen LogP) is 2.20. The fourth-order valence-corrected chi connectivity index (χ4v) is 2.83. The molecular weight excluding hydrogens is 208 g/mol. The summed E-state index contributed by atoms with van der Waals surface area (Å²) in [5, 5.41) is 0. The summed E-state index contributed by atoms with van der Waals surface area (Å²) in [4.78, 5) is 0.542. The fourth-order valence-electron chi connectivity index (χ4n) is 1.10. The fraction of sp³-hybridized carbons (Fsp3) is 0.250. The van der Waals surface area contributed by atoms with E-state index in [4.69, 9.17) is 4.55 Å². The van der Waals surface area contributed by atoms with Gasteiger partial charge in [0.05, 0.1) is 0 Å². The molecular formula is C8H10O3S2. The summed E-state index contributed by atoms with van der Waals surface area (Å²) in [6.45, 7) is 3.75. The molecule has 13 heavy (non-hydrogen) atoms. The lowest BCUT2D eigenvalue weighted by Gasteiger charge is -2.01. The van der Waals surface area contributed by atoms with Crippen molar-refractivity contribution in [2.75, 3.05) is 0 Å². The maximum absolute atomic E-state index is 10.5. The SMILES string of the molecule is Cc1cc(C)cc(SS(=O)(=O)O)c1. The van der Waals surface area contributed by atoms with E-state index in [9.17, 15) is 8.42 Å². The van der Waals surface area contributed by atoms with E-state index in [1.54, 1.807) is 12.1 Å². The molecule has 72 valence electrons. The number of benzene rings is 1. The smallest absolute Gasteiger partial charge is 0.277 e. The Morgan fingerprint density at radius 2 is 1.62 bits per heavy atom. The van der Waals surface area contributed by atoms with E-state index < -0.39 is 9.15 Å². The van der Waals surface area contributed by atoms with Gasteiger partial charge in [0.25, 0.3) is 0 Å². The van der Waals surface area contributed by atoms with Gasteiger partial charge in [-0.1, -0.05) is 6.07 Å². The van der Waals surface area contributed by atoms with E-state index in [1.807, 2.05) is 19.9 Å². The highest BCUT2D eigenvalue weighted by Crippen LogP contribution is 2.25. The van der Waals surface area contributed by atoms with Crippen LogP contribution >= 0.6 is 10.8 Å². The molecule has 0 aromatic heterocycles. The van der Waals surface area contributed by atoms with Crippen LogP contribution in [0.3, 0.4) is 0 Å². The van der Waals surface area contributed by atoms with Crippen LogP contribution < -0.4 is 0 Å². The average Bonchev–Trinajstić information content (AvgIpc) is 1.78. The third kappa shape index (κ3) is 3.80. The standard InChI is InChI=1S/C8H10O3S2/c1-6-3-7(2)5-8(4-6)12-13(9,10)11/h3-5H,1-2H3,(H,9,10,11). The third-order valence-electron chi connectivity index (χ3n) is 1.40. The summed E-state index contributed by atoms with van der Waals surface area (Å²) in [5.41, 5.74) is 1.96. The lowest BCUT2D eigenvalue weighted by atomic mass is 10.2. The summed E-state index contributed by atoms with van der Waals surface area (Å²) in [7, 11) is -3.54. The Kier molecular flexibility index (Phi) is 3.00. The molecule has 0 bridgehead atoms. The van der Waals surface area contributed by atoms with Crippen molar-refractivity contribution < 1.29 is 13.0 Å². The molecule has 0 unspecified atom stereocenters. The van der Waals surface area contributed by atoms with Crippen LogP contribution in [0.15, 0.2) is 23.1 Å². The van der Waals surface area contributed by atoms with Gasteiger partial charge in [-0.2, -0.15) is 8.42 Å². The zero-order chi connectivity index (χ0) is 10.1. The van der Waals surface area contributed by atoms with Gasteiger partial charge in [0.2, 0.25) is 0 Å². The highest BCUT2D eigenvalue weighted by molar-refractivity contribution is 8.69. The molecule has 0 aliphatic rings. The van der Waals surface area contributed by atoms with Crippen molar-refractivity contribution in [1.82, 2.24) is 0 Å². The molecule has 0 fully saturated rings. The van der Waals surface area contributed by atoms with Crippen molar-refractivity contribution >= 4 is 19.9 Å². The Labute approximate surface area is 81.3 Å². The van der Waals surface area contributed by atoms with Crippen LogP contribution in [0.4, 0.5) is 0 Å². The second kappa shape index (κ2) is 3.69. The van der Waals surface area contributed by atoms with Gasteiger partial charge >= 0.3 is 9.15 Å². The molecule has 5 heteroatoms. The summed E-state index contributed by atoms with van der Waals surface area (Å²) in [6, 6.07) is 5.37. The molecule has 0 aliphatic carbocycles. The predicted molar refractivity (Wildman–Crippen MR) is 53.3 cm³/mol. The van der Waals surface area contributed by atoms with Gasteiger partial charge in [0.15, 0.2) is 0 Å². The van der Waals surface area contributed by atoms with Crippen LogP contribution in [0.25, 0.3) is 0 Å². The first kappa shape index (κ1) is 10.6. The van der Waals surface area contributed by atoms with Crippen molar-refractivity contribution in [3.63, 3.8) is 0 Å². The van der Waals surface area contributed by atoms with E-state index in [2.05, 4.69) is 0 Å². The van der Waals surface area contributed by atoms with E-state index in [0.29, 0.717) is 15.7 Å². The molecule has 1 rings (SSSR count). The second-order valence-electron chi connectivity index (χ2n) is 2.83. The molecule has 0 saturated carbocycles. The maximum atomic E-state index is 10.5. The van der Waals surface area contributed by atoms with Crippen molar-refractivity contribution in [3.8, 4) is 0 Å². The molecule has 0 amide bonds. The summed E-state index contributed by atoms with van der Waals surface area (Å²) in [6.07, 6.45) is 0. The second-order valence-corrected chi connectivity index (χ2v) is 6.09. The quantitative estimate of drug-likeness (QED) is 0.610. The molecule has 1 aromatic carbocycles. The van der Waals surface area contributed by atoms with E-state index in [0.717, 1.165) is 11.1 Å². The highest BCUT2D eigenvalue weighted by Gasteiger charge is 2.07. The topological polar surface area (TPSA) is 54.4 Å². The first-order valence-electron chi connectivity index (χ1n) is 3.62. The van der Waals surface area contributed by atoms with Crippen molar-refractivity contribution in [2.24, 2.45) is 0 Å². The first-order chi connectivity index (χ1) is 5.87. The van der Waals surface area contributed by atoms with E-state index in [1.165, 1.54) is 0 Å². The van der Waals surface area contributed by atoms with Gasteiger partial charge in [-0.15, -0.1) is 0 Å². The molecule has 1 N–H and O–H groups in total. The number of aryl methyl sites for hydroxylation is 2. The Balaban J connectivity index is 3.03. The first-order valence-corrected chi connectivity index (χ1v) is 6.39. The number of rotatable bonds is 2. The van der Waals surface area contributed by atoms with Gasteiger partial charge in [-0.05, 0) is 37.1 Å². The normalized spacial score (nSPS) is 11.6. The minimum atomic E-state index is -3.99. The largest absolute Gasteiger partial charge is 0.324 e. The zero-order valence-electron chi connectivity index (χ0n) is 7.31. The molecule has 0 atom stereocenters. The molecule has 0 radical (unpaired) electrons. The van der Waals surface area contributed by atoms with Crippen LogP contribution in [-0.2, 0) is 9.15 Å². The molecule has 0 spiro atoms. The van der Waals surface area contributed by atoms with Crippen LogP contribution in [0.1, 0.15) is 11.1 Å². The van der Waals surface area contributed by atoms with Crippen LogP contribution in [-0.4, -0.2) is 13.0 Å². The van der Waals surface area contributed by atoms with Crippen LogP contribution in [0, 0.1) is 13.8 Å². The summed E-state index contributed by atoms with van der Waals surface area (Å²) in [5.74, 6) is 0. The third-order valence-corrected chi connectivity index (χ3v) is 3.24. The van der Waals surface area contributed by atoms with Gasteiger partial charge in [-0.3, -0.25) is 4.55 Å². The number of hydrogen-bond donors (Lipinski definition) is 1. The minimum Gasteiger partial charge on any atom is -0.277 e. The number of hydrogen-bond acceptors (Lipinski definition) is 3. The summed E-state index contributed by atoms with van der Waals surface area (Å²) >= 11 is 0. The highest BCUT2D eigenvalue weighted by atomic mass is 33.1. The van der Waals surface area contributed by atoms with Crippen LogP contribution in [0.2, 0.25) is 0 Å². The van der Waals surface area contributed by atoms with Crippen molar-refractivity contribution in [1.29, 1.82) is 0 Å². The Morgan fingerprint density at radius 3 is 2.00 bits per heavy atom. The van der Waals surface area contributed by atoms with Gasteiger partial charge in [-0.25, -0.2) is 0 Å². The van der Waals surface area contributed by atoms with Gasteiger partial charge < -0.3 is 0 Å².